The van der Waals surface area contributed by atoms with Crippen molar-refractivity contribution in [3.05, 3.63) is 45.4 Å². The number of methoxy groups -OCH3 is 1. The summed E-state index contributed by atoms with van der Waals surface area (Å²) in [4.78, 5) is 0. The molecule has 0 heterocycles. The molecule has 0 amide bonds. The molecule has 2 aromatic rings. The van der Waals surface area contributed by atoms with Crippen LogP contribution in [0.5, 0.6) is 5.75 Å². The smallest absolute Gasteiger partial charge is 0.122 e. The minimum Gasteiger partial charge on any atom is -0.497 e. The number of benzene rings is 2. The summed E-state index contributed by atoms with van der Waals surface area (Å²) >= 11 is 17.9. The fraction of sp³-hybridized carbons (Fsp3) is 0.0769. The maximum Gasteiger partial charge on any atom is 0.122 e. The standard InChI is InChI=1S/C13H11Cl3N2O/c1-19-9-3-7(17)2-8(4-9)18-13-6-11(15)10(14)5-12(13)16/h2-6,18H,17H2,1H3. The van der Waals surface area contributed by atoms with Crippen molar-refractivity contribution in [1.82, 2.24) is 0 Å². The Kier molecular flexibility index (Phi) is 4.30. The molecule has 0 aliphatic heterocycles. The van der Waals surface area contributed by atoms with Gasteiger partial charge in [-0.3, -0.25) is 0 Å². The molecule has 0 aliphatic carbocycles. The first-order valence-electron chi connectivity index (χ1n) is 5.35. The Hall–Kier alpha value is -1.29. The molecule has 0 saturated carbocycles. The normalized spacial score (nSPS) is 10.3. The van der Waals surface area contributed by atoms with Gasteiger partial charge >= 0.3 is 0 Å². The summed E-state index contributed by atoms with van der Waals surface area (Å²) in [7, 11) is 1.57. The summed E-state index contributed by atoms with van der Waals surface area (Å²) in [6, 6.07) is 8.53. The van der Waals surface area contributed by atoms with Crippen molar-refractivity contribution in [3.8, 4) is 5.75 Å². The summed E-state index contributed by atoms with van der Waals surface area (Å²) in [5.41, 5.74) is 7.75. The lowest BCUT2D eigenvalue weighted by Gasteiger charge is -2.12. The second-order valence-corrected chi connectivity index (χ2v) is 5.09. The van der Waals surface area contributed by atoms with E-state index in [1.807, 2.05) is 0 Å². The lowest BCUT2D eigenvalue weighted by Crippen LogP contribution is -1.95. The summed E-state index contributed by atoms with van der Waals surface area (Å²) in [6.45, 7) is 0. The predicted octanol–water partition coefficient (Wildman–Crippen LogP) is 4.98. The highest BCUT2D eigenvalue weighted by molar-refractivity contribution is 6.44. The monoisotopic (exact) mass is 316 g/mol. The van der Waals surface area contributed by atoms with Gasteiger partial charge in [0.1, 0.15) is 5.75 Å². The van der Waals surface area contributed by atoms with E-state index in [-0.39, 0.29) is 0 Å². The second kappa shape index (κ2) is 5.78. The fourth-order valence-corrected chi connectivity index (χ4v) is 2.18. The van der Waals surface area contributed by atoms with Crippen LogP contribution in [0.4, 0.5) is 17.1 Å². The molecule has 0 radical (unpaired) electrons. The molecule has 2 rings (SSSR count). The molecule has 100 valence electrons. The van der Waals surface area contributed by atoms with Crippen molar-refractivity contribution in [2.45, 2.75) is 0 Å². The Morgan fingerprint density at radius 3 is 2.32 bits per heavy atom. The number of halogens is 3. The summed E-state index contributed by atoms with van der Waals surface area (Å²) in [6.07, 6.45) is 0. The number of hydrogen-bond donors (Lipinski definition) is 2. The molecule has 6 heteroatoms. The summed E-state index contributed by atoms with van der Waals surface area (Å²) in [5.74, 6) is 0.652. The Bertz CT molecular complexity index is 617. The Labute approximate surface area is 126 Å². The Morgan fingerprint density at radius 1 is 0.947 bits per heavy atom. The van der Waals surface area contributed by atoms with E-state index in [0.717, 1.165) is 5.69 Å². The SMILES string of the molecule is COc1cc(N)cc(Nc2cc(Cl)c(Cl)cc2Cl)c1. The van der Waals surface area contributed by atoms with E-state index >= 15 is 0 Å². The number of hydrogen-bond acceptors (Lipinski definition) is 3. The van der Waals surface area contributed by atoms with Crippen molar-refractivity contribution in [3.63, 3.8) is 0 Å². The van der Waals surface area contributed by atoms with Gasteiger partial charge < -0.3 is 15.8 Å². The van der Waals surface area contributed by atoms with Gasteiger partial charge in [0.2, 0.25) is 0 Å². The van der Waals surface area contributed by atoms with E-state index in [4.69, 9.17) is 45.3 Å². The first kappa shape index (κ1) is 14.1. The highest BCUT2D eigenvalue weighted by Crippen LogP contribution is 2.35. The molecule has 0 aliphatic rings. The zero-order chi connectivity index (χ0) is 14.0. The van der Waals surface area contributed by atoms with Gasteiger partial charge in [0, 0.05) is 23.5 Å². The third kappa shape index (κ3) is 3.38. The van der Waals surface area contributed by atoms with Crippen LogP contribution in [0, 0.1) is 0 Å². The van der Waals surface area contributed by atoms with Crippen LogP contribution in [0.1, 0.15) is 0 Å². The highest BCUT2D eigenvalue weighted by atomic mass is 35.5. The molecule has 0 aromatic heterocycles. The molecular formula is C13H11Cl3N2O. The molecule has 0 unspecified atom stereocenters. The lowest BCUT2D eigenvalue weighted by molar-refractivity contribution is 0.415. The average Bonchev–Trinajstić information content (AvgIpc) is 2.35. The molecule has 0 bridgehead atoms. The van der Waals surface area contributed by atoms with Crippen LogP contribution in [0.2, 0.25) is 15.1 Å². The maximum atomic E-state index is 6.10. The molecule has 0 fully saturated rings. The van der Waals surface area contributed by atoms with Gasteiger partial charge in [-0.15, -0.1) is 0 Å². The van der Waals surface area contributed by atoms with Gasteiger partial charge in [0.05, 0.1) is 27.9 Å². The van der Waals surface area contributed by atoms with Crippen molar-refractivity contribution >= 4 is 51.9 Å². The van der Waals surface area contributed by atoms with Crippen LogP contribution < -0.4 is 15.8 Å². The van der Waals surface area contributed by atoms with Gasteiger partial charge in [-0.25, -0.2) is 0 Å². The van der Waals surface area contributed by atoms with Crippen molar-refractivity contribution in [2.24, 2.45) is 0 Å². The summed E-state index contributed by atoms with van der Waals surface area (Å²) in [5, 5.41) is 4.41. The van der Waals surface area contributed by atoms with Crippen molar-refractivity contribution in [1.29, 1.82) is 0 Å². The topological polar surface area (TPSA) is 47.3 Å². The molecule has 0 saturated heterocycles. The van der Waals surface area contributed by atoms with Gasteiger partial charge in [0.25, 0.3) is 0 Å². The quantitative estimate of drug-likeness (QED) is 0.620. The molecule has 3 N–H and O–H groups in total. The molecule has 3 nitrogen and oxygen atoms in total. The Balaban J connectivity index is 2.36. The van der Waals surface area contributed by atoms with Gasteiger partial charge in [-0.1, -0.05) is 34.8 Å². The predicted molar refractivity (Wildman–Crippen MR) is 82.2 cm³/mol. The molecular weight excluding hydrogens is 307 g/mol. The van der Waals surface area contributed by atoms with Gasteiger partial charge in [-0.2, -0.15) is 0 Å². The first-order chi connectivity index (χ1) is 8.99. The van der Waals surface area contributed by atoms with Crippen LogP contribution in [-0.4, -0.2) is 7.11 Å². The molecule has 0 atom stereocenters. The molecule has 2 aromatic carbocycles. The van der Waals surface area contributed by atoms with E-state index < -0.39 is 0 Å². The van der Waals surface area contributed by atoms with E-state index in [0.29, 0.717) is 32.2 Å². The van der Waals surface area contributed by atoms with Crippen LogP contribution >= 0.6 is 34.8 Å². The van der Waals surface area contributed by atoms with Crippen LogP contribution in [0.15, 0.2) is 30.3 Å². The molecule has 19 heavy (non-hydrogen) atoms. The number of anilines is 3. The fourth-order valence-electron chi connectivity index (χ4n) is 1.59. The highest BCUT2D eigenvalue weighted by Gasteiger charge is 2.07. The third-order valence-corrected chi connectivity index (χ3v) is 3.49. The van der Waals surface area contributed by atoms with Gasteiger partial charge in [-0.05, 0) is 18.2 Å². The van der Waals surface area contributed by atoms with Crippen molar-refractivity contribution < 1.29 is 4.74 Å². The number of rotatable bonds is 3. The third-order valence-electron chi connectivity index (χ3n) is 2.45. The van der Waals surface area contributed by atoms with Crippen molar-refractivity contribution in [2.75, 3.05) is 18.2 Å². The van der Waals surface area contributed by atoms with E-state index in [2.05, 4.69) is 5.32 Å². The number of nitrogen functional groups attached to an aromatic ring is 1. The van der Waals surface area contributed by atoms with Crippen LogP contribution in [0.25, 0.3) is 0 Å². The minimum absolute atomic E-state index is 0.405. The molecule has 0 spiro atoms. The number of nitrogens with two attached hydrogens (primary N) is 1. The van der Waals surface area contributed by atoms with Gasteiger partial charge in [0.15, 0.2) is 0 Å². The lowest BCUT2D eigenvalue weighted by atomic mass is 10.2. The number of nitrogens with one attached hydrogen (secondary N) is 1. The maximum absolute atomic E-state index is 6.10. The van der Waals surface area contributed by atoms with E-state index in [9.17, 15) is 0 Å². The minimum atomic E-state index is 0.405. The summed E-state index contributed by atoms with van der Waals surface area (Å²) < 4.78 is 5.15. The zero-order valence-electron chi connectivity index (χ0n) is 10.0. The average molecular weight is 318 g/mol. The second-order valence-electron chi connectivity index (χ2n) is 3.87. The largest absolute Gasteiger partial charge is 0.497 e. The first-order valence-corrected chi connectivity index (χ1v) is 6.49. The Morgan fingerprint density at radius 2 is 1.63 bits per heavy atom. The van der Waals surface area contributed by atoms with Crippen LogP contribution in [0.3, 0.4) is 0 Å². The van der Waals surface area contributed by atoms with E-state index in [1.54, 1.807) is 37.4 Å². The van der Waals surface area contributed by atoms with Crippen LogP contribution in [-0.2, 0) is 0 Å². The number of ether oxygens (including phenoxy) is 1. The van der Waals surface area contributed by atoms with E-state index in [1.165, 1.54) is 0 Å². The zero-order valence-corrected chi connectivity index (χ0v) is 12.3.